The van der Waals surface area contributed by atoms with Crippen molar-refractivity contribution in [2.45, 2.75) is 12.3 Å². The second kappa shape index (κ2) is 10.8. The van der Waals surface area contributed by atoms with Gasteiger partial charge in [0.2, 0.25) is 6.23 Å². The molecule has 174 valence electrons. The van der Waals surface area contributed by atoms with E-state index in [2.05, 4.69) is 10.1 Å². The number of hydrogen-bond acceptors (Lipinski definition) is 5. The van der Waals surface area contributed by atoms with Crippen LogP contribution in [0.4, 0.5) is 0 Å². The van der Waals surface area contributed by atoms with Crippen LogP contribution in [-0.2, 0) is 4.74 Å². The third-order valence-corrected chi connectivity index (χ3v) is 6.04. The topological polar surface area (TPSA) is 66.2 Å². The molecule has 0 bridgehead atoms. The molecule has 6 nitrogen and oxygen atoms in total. The molecule has 0 amide bonds. The molecule has 1 aromatic heterocycles. The highest BCUT2D eigenvalue weighted by atomic mass is 35.5. The first-order chi connectivity index (χ1) is 16.3. The molecule has 4 aromatic rings. The molecule has 3 aromatic carbocycles. The highest BCUT2D eigenvalue weighted by molar-refractivity contribution is 6.36. The molecule has 0 saturated carbocycles. The van der Waals surface area contributed by atoms with E-state index in [4.69, 9.17) is 67.5 Å². The summed E-state index contributed by atoms with van der Waals surface area (Å²) in [4.78, 5) is 17.2. The van der Waals surface area contributed by atoms with E-state index in [-0.39, 0.29) is 15.6 Å². The number of nitrogens with zero attached hydrogens (tertiary/aromatic N) is 3. The fourth-order valence-corrected chi connectivity index (χ4v) is 4.22. The van der Waals surface area contributed by atoms with Crippen molar-refractivity contribution in [2.75, 3.05) is 0 Å². The molecule has 0 aliphatic rings. The van der Waals surface area contributed by atoms with Crippen molar-refractivity contribution in [1.29, 1.82) is 0 Å². The smallest absolute Gasteiger partial charge is 0.340 e. The lowest BCUT2D eigenvalue weighted by atomic mass is 10.1. The van der Waals surface area contributed by atoms with Gasteiger partial charge in [-0.2, -0.15) is 5.10 Å². The Morgan fingerprint density at radius 3 is 2.09 bits per heavy atom. The predicted molar refractivity (Wildman–Crippen MR) is 132 cm³/mol. The average Bonchev–Trinajstić information content (AvgIpc) is 3.32. The van der Waals surface area contributed by atoms with Gasteiger partial charge in [0.05, 0.1) is 10.6 Å². The van der Waals surface area contributed by atoms with Crippen LogP contribution >= 0.6 is 58.0 Å². The standard InChI is InChI=1S/C23H14Cl5N3O3/c24-13-1-5-16(6-2-13)33-22(31-12-29-11-30-31)21(17-7-3-14(25)9-19(17)27)34-23(32)18-8-4-15(26)10-20(18)28/h1-12,21-22H. The number of rotatable bonds is 7. The summed E-state index contributed by atoms with van der Waals surface area (Å²) in [5.74, 6) is -0.275. The molecule has 0 spiro atoms. The van der Waals surface area contributed by atoms with E-state index < -0.39 is 18.3 Å². The summed E-state index contributed by atoms with van der Waals surface area (Å²) in [7, 11) is 0. The molecule has 2 atom stereocenters. The van der Waals surface area contributed by atoms with Crippen molar-refractivity contribution < 1.29 is 14.3 Å². The number of aromatic nitrogens is 3. The second-order valence-corrected chi connectivity index (χ2v) is 9.08. The molecule has 11 heteroatoms. The van der Waals surface area contributed by atoms with Crippen molar-refractivity contribution in [1.82, 2.24) is 14.8 Å². The van der Waals surface area contributed by atoms with Gasteiger partial charge in [0.1, 0.15) is 18.4 Å². The van der Waals surface area contributed by atoms with Crippen LogP contribution in [-0.4, -0.2) is 20.7 Å². The maximum atomic E-state index is 13.2. The minimum atomic E-state index is -1.08. The second-order valence-electron chi connectivity index (χ2n) is 6.95. The maximum Gasteiger partial charge on any atom is 0.340 e. The third kappa shape index (κ3) is 5.77. The highest BCUT2D eigenvalue weighted by Crippen LogP contribution is 2.38. The summed E-state index contributed by atoms with van der Waals surface area (Å²) in [6.45, 7) is 0. The average molecular weight is 558 g/mol. The lowest BCUT2D eigenvalue weighted by Gasteiger charge is -2.28. The van der Waals surface area contributed by atoms with Crippen LogP contribution in [0, 0.1) is 0 Å². The maximum absolute atomic E-state index is 13.2. The van der Waals surface area contributed by atoms with Gasteiger partial charge in [0.15, 0.2) is 6.10 Å². The van der Waals surface area contributed by atoms with Gasteiger partial charge in [0.25, 0.3) is 0 Å². The largest absolute Gasteiger partial charge is 0.464 e. The number of benzene rings is 3. The normalized spacial score (nSPS) is 12.7. The van der Waals surface area contributed by atoms with Crippen molar-refractivity contribution >= 4 is 64.0 Å². The third-order valence-electron chi connectivity index (χ3n) is 4.68. The minimum absolute atomic E-state index is 0.116. The van der Waals surface area contributed by atoms with Crippen LogP contribution in [0.25, 0.3) is 0 Å². The first kappa shape index (κ1) is 24.6. The van der Waals surface area contributed by atoms with Crippen LogP contribution in [0.5, 0.6) is 5.75 Å². The van der Waals surface area contributed by atoms with Crippen LogP contribution < -0.4 is 4.74 Å². The molecule has 0 N–H and O–H groups in total. The Kier molecular flexibility index (Phi) is 7.86. The van der Waals surface area contributed by atoms with Gasteiger partial charge in [-0.25, -0.2) is 14.5 Å². The lowest BCUT2D eigenvalue weighted by molar-refractivity contribution is -0.0432. The van der Waals surface area contributed by atoms with Gasteiger partial charge in [0, 0.05) is 25.7 Å². The van der Waals surface area contributed by atoms with E-state index in [0.29, 0.717) is 26.4 Å². The summed E-state index contributed by atoms with van der Waals surface area (Å²) >= 11 is 30.8. The number of halogens is 5. The number of hydrogen-bond donors (Lipinski definition) is 0. The van der Waals surface area contributed by atoms with Crippen LogP contribution in [0.2, 0.25) is 25.1 Å². The molecule has 1 heterocycles. The Morgan fingerprint density at radius 2 is 1.47 bits per heavy atom. The number of ether oxygens (including phenoxy) is 2. The molecule has 4 rings (SSSR count). The van der Waals surface area contributed by atoms with E-state index in [1.165, 1.54) is 41.6 Å². The van der Waals surface area contributed by atoms with Gasteiger partial charge in [-0.15, -0.1) is 0 Å². The summed E-state index contributed by atoms with van der Waals surface area (Å²) in [6.07, 6.45) is 0.677. The van der Waals surface area contributed by atoms with E-state index >= 15 is 0 Å². The van der Waals surface area contributed by atoms with Crippen molar-refractivity contribution in [3.8, 4) is 5.75 Å². The van der Waals surface area contributed by atoms with Crippen LogP contribution in [0.15, 0.2) is 73.3 Å². The first-order valence-electron chi connectivity index (χ1n) is 9.69. The summed E-state index contributed by atoms with van der Waals surface area (Å²) in [5, 5.41) is 5.90. The molecule has 34 heavy (non-hydrogen) atoms. The summed E-state index contributed by atoms with van der Waals surface area (Å²) in [6, 6.07) is 15.9. The molecular formula is C23H14Cl5N3O3. The number of carbonyl (C=O) groups excluding carboxylic acids is 1. The van der Waals surface area contributed by atoms with Gasteiger partial charge < -0.3 is 9.47 Å². The Morgan fingerprint density at radius 1 is 0.824 bits per heavy atom. The quantitative estimate of drug-likeness (QED) is 0.218. The molecule has 0 fully saturated rings. The summed E-state index contributed by atoms with van der Waals surface area (Å²) in [5.41, 5.74) is 0.545. The van der Waals surface area contributed by atoms with Gasteiger partial charge in [-0.3, -0.25) is 0 Å². The van der Waals surface area contributed by atoms with E-state index in [1.54, 1.807) is 36.4 Å². The lowest BCUT2D eigenvalue weighted by Crippen LogP contribution is -2.28. The zero-order valence-corrected chi connectivity index (χ0v) is 20.8. The zero-order valence-electron chi connectivity index (χ0n) is 17.0. The molecule has 0 aliphatic carbocycles. The predicted octanol–water partition coefficient (Wildman–Crippen LogP) is 7.72. The molecule has 2 unspecified atom stereocenters. The fraction of sp³-hybridized carbons (Fsp3) is 0.0870. The molecule has 0 aliphatic heterocycles. The number of esters is 1. The molecule has 0 saturated heterocycles. The van der Waals surface area contributed by atoms with Gasteiger partial charge >= 0.3 is 5.97 Å². The van der Waals surface area contributed by atoms with E-state index in [1.807, 2.05) is 0 Å². The highest BCUT2D eigenvalue weighted by Gasteiger charge is 2.34. The molecule has 0 radical (unpaired) electrons. The Labute approximate surface area is 219 Å². The zero-order chi connectivity index (χ0) is 24.2. The Bertz CT molecular complexity index is 1300. The van der Waals surface area contributed by atoms with Gasteiger partial charge in [-0.1, -0.05) is 64.1 Å². The monoisotopic (exact) mass is 555 g/mol. The van der Waals surface area contributed by atoms with Gasteiger partial charge in [-0.05, 0) is 54.6 Å². The fourth-order valence-electron chi connectivity index (χ4n) is 3.10. The van der Waals surface area contributed by atoms with E-state index in [9.17, 15) is 4.79 Å². The van der Waals surface area contributed by atoms with Crippen LogP contribution in [0.3, 0.4) is 0 Å². The van der Waals surface area contributed by atoms with Crippen LogP contribution in [0.1, 0.15) is 28.3 Å². The van der Waals surface area contributed by atoms with Crippen molar-refractivity contribution in [2.24, 2.45) is 0 Å². The Balaban J connectivity index is 1.78. The van der Waals surface area contributed by atoms with Crippen molar-refractivity contribution in [3.05, 3.63) is 110 Å². The summed E-state index contributed by atoms with van der Waals surface area (Å²) < 4.78 is 13.5. The SMILES string of the molecule is O=C(OC(c1ccc(Cl)cc1Cl)C(Oc1ccc(Cl)cc1)n1cncn1)c1ccc(Cl)cc1Cl. The first-order valence-corrected chi connectivity index (χ1v) is 11.6. The van der Waals surface area contributed by atoms with E-state index in [0.717, 1.165) is 0 Å². The minimum Gasteiger partial charge on any atom is -0.464 e. The Hall–Kier alpha value is -2.48. The molecular weight excluding hydrogens is 544 g/mol. The van der Waals surface area contributed by atoms with Crippen molar-refractivity contribution in [3.63, 3.8) is 0 Å². The number of carbonyl (C=O) groups is 1.